The van der Waals surface area contributed by atoms with E-state index in [1.165, 1.54) is 0 Å². The molecule has 2 rings (SSSR count). The van der Waals surface area contributed by atoms with Crippen molar-refractivity contribution in [3.63, 3.8) is 0 Å². The molecule has 5 nitrogen and oxygen atoms in total. The summed E-state index contributed by atoms with van der Waals surface area (Å²) in [5, 5.41) is 17.4. The zero-order chi connectivity index (χ0) is 15.2. The molecule has 0 spiro atoms. The van der Waals surface area contributed by atoms with E-state index >= 15 is 0 Å². The Hall–Kier alpha value is -2.82. The van der Waals surface area contributed by atoms with Crippen LogP contribution in [-0.4, -0.2) is 17.0 Å². The summed E-state index contributed by atoms with van der Waals surface area (Å²) in [6.45, 7) is 3.65. The number of anilines is 2. The summed E-state index contributed by atoms with van der Waals surface area (Å²) >= 11 is 0. The van der Waals surface area contributed by atoms with Gasteiger partial charge in [0.2, 0.25) is 0 Å². The van der Waals surface area contributed by atoms with Gasteiger partial charge in [0.15, 0.2) is 0 Å². The predicted molar refractivity (Wildman–Crippen MR) is 84.3 cm³/mol. The maximum absolute atomic E-state index is 11.9. The maximum atomic E-state index is 11.9. The van der Waals surface area contributed by atoms with Crippen LogP contribution >= 0.6 is 0 Å². The highest BCUT2D eigenvalue weighted by Crippen LogP contribution is 2.13. The lowest BCUT2D eigenvalue weighted by Crippen LogP contribution is -2.19. The molecule has 3 N–H and O–H groups in total. The van der Waals surface area contributed by atoms with Gasteiger partial charge in [-0.1, -0.05) is 29.4 Å². The molecule has 0 saturated carbocycles. The molecule has 0 aromatic heterocycles. The number of aryl methyl sites for hydroxylation is 1. The van der Waals surface area contributed by atoms with E-state index in [4.69, 9.17) is 5.21 Å². The summed E-state index contributed by atoms with van der Waals surface area (Å²) in [5.41, 5.74) is 3.66. The Kier molecular flexibility index (Phi) is 4.56. The quantitative estimate of drug-likeness (QED) is 0.455. The van der Waals surface area contributed by atoms with Gasteiger partial charge in [-0.15, -0.1) is 0 Å². The van der Waals surface area contributed by atoms with Gasteiger partial charge in [-0.05, 0) is 43.7 Å². The molecular weight excluding hydrogens is 266 g/mol. The molecular formula is C16H17N3O2. The van der Waals surface area contributed by atoms with Crippen LogP contribution in [0.15, 0.2) is 53.7 Å². The summed E-state index contributed by atoms with van der Waals surface area (Å²) in [7, 11) is 0. The van der Waals surface area contributed by atoms with E-state index in [0.29, 0.717) is 11.4 Å². The van der Waals surface area contributed by atoms with E-state index in [-0.39, 0.29) is 6.03 Å². The molecule has 0 heterocycles. The van der Waals surface area contributed by atoms with Crippen LogP contribution < -0.4 is 10.6 Å². The van der Waals surface area contributed by atoms with E-state index in [9.17, 15) is 4.79 Å². The summed E-state index contributed by atoms with van der Waals surface area (Å²) in [6.07, 6.45) is 0. The average Bonchev–Trinajstić information content (AvgIpc) is 2.46. The maximum Gasteiger partial charge on any atom is 0.323 e. The van der Waals surface area contributed by atoms with E-state index in [1.807, 2.05) is 31.2 Å². The van der Waals surface area contributed by atoms with E-state index in [1.54, 1.807) is 31.2 Å². The number of carbonyl (C=O) groups excluding carboxylic acids is 1. The van der Waals surface area contributed by atoms with Crippen molar-refractivity contribution in [2.45, 2.75) is 13.8 Å². The zero-order valence-electron chi connectivity index (χ0n) is 11.9. The number of hydrogen-bond donors (Lipinski definition) is 3. The Morgan fingerprint density at radius 3 is 2.29 bits per heavy atom. The zero-order valence-corrected chi connectivity index (χ0v) is 11.9. The molecule has 0 fully saturated rings. The topological polar surface area (TPSA) is 73.7 Å². The fourth-order valence-corrected chi connectivity index (χ4v) is 1.90. The van der Waals surface area contributed by atoms with Crippen LogP contribution in [0.3, 0.4) is 0 Å². The molecule has 21 heavy (non-hydrogen) atoms. The highest BCUT2D eigenvalue weighted by atomic mass is 16.4. The van der Waals surface area contributed by atoms with Crippen molar-refractivity contribution in [2.75, 3.05) is 10.6 Å². The lowest BCUT2D eigenvalue weighted by molar-refractivity contribution is 0.262. The number of benzene rings is 2. The van der Waals surface area contributed by atoms with Crippen molar-refractivity contribution in [2.24, 2.45) is 5.16 Å². The smallest absolute Gasteiger partial charge is 0.323 e. The highest BCUT2D eigenvalue weighted by molar-refractivity contribution is 6.02. The molecule has 0 aliphatic carbocycles. The standard InChI is InChI=1S/C16H17N3O2/c1-11-5-3-7-14(9-11)17-16(20)18-15-8-4-6-13(10-15)12(2)19-21/h3-10,21H,1-2H3,(H2,17,18,20)/b19-12+. The lowest BCUT2D eigenvalue weighted by atomic mass is 10.1. The summed E-state index contributed by atoms with van der Waals surface area (Å²) in [5.74, 6) is 0. The van der Waals surface area contributed by atoms with Crippen LogP contribution in [0.25, 0.3) is 0 Å². The molecule has 0 saturated heterocycles. The van der Waals surface area contributed by atoms with Gasteiger partial charge in [0.1, 0.15) is 0 Å². The molecule has 5 heteroatoms. The largest absolute Gasteiger partial charge is 0.411 e. The monoisotopic (exact) mass is 283 g/mol. The van der Waals surface area contributed by atoms with Crippen molar-refractivity contribution in [3.05, 3.63) is 59.7 Å². The van der Waals surface area contributed by atoms with Gasteiger partial charge in [-0.3, -0.25) is 0 Å². The van der Waals surface area contributed by atoms with Crippen molar-refractivity contribution in [1.82, 2.24) is 0 Å². The van der Waals surface area contributed by atoms with Gasteiger partial charge in [0.05, 0.1) is 5.71 Å². The van der Waals surface area contributed by atoms with Crippen LogP contribution in [0.2, 0.25) is 0 Å². The minimum atomic E-state index is -0.323. The molecule has 0 aliphatic heterocycles. The summed E-state index contributed by atoms with van der Waals surface area (Å²) < 4.78 is 0. The van der Waals surface area contributed by atoms with Crippen LogP contribution in [0.5, 0.6) is 0 Å². The Morgan fingerprint density at radius 2 is 1.67 bits per heavy atom. The third-order valence-electron chi connectivity index (χ3n) is 2.96. The first-order valence-electron chi connectivity index (χ1n) is 6.52. The molecule has 0 bridgehead atoms. The molecule has 2 amide bonds. The second-order valence-corrected chi connectivity index (χ2v) is 4.71. The Balaban J connectivity index is 2.06. The normalized spacial score (nSPS) is 11.0. The fraction of sp³-hybridized carbons (Fsp3) is 0.125. The van der Waals surface area contributed by atoms with Crippen molar-refractivity contribution in [1.29, 1.82) is 0 Å². The number of nitrogens with zero attached hydrogens (tertiary/aromatic N) is 1. The molecule has 2 aromatic rings. The van der Waals surface area contributed by atoms with Gasteiger partial charge >= 0.3 is 6.03 Å². The molecule has 2 aromatic carbocycles. The van der Waals surface area contributed by atoms with Gasteiger partial charge < -0.3 is 15.8 Å². The Bertz CT molecular complexity index is 681. The number of carbonyl (C=O) groups is 1. The minimum Gasteiger partial charge on any atom is -0.411 e. The first-order valence-corrected chi connectivity index (χ1v) is 6.52. The van der Waals surface area contributed by atoms with Gasteiger partial charge in [0, 0.05) is 16.9 Å². The average molecular weight is 283 g/mol. The number of hydrogen-bond acceptors (Lipinski definition) is 3. The molecule has 0 unspecified atom stereocenters. The summed E-state index contributed by atoms with van der Waals surface area (Å²) in [6, 6.07) is 14.3. The third-order valence-corrected chi connectivity index (χ3v) is 2.96. The van der Waals surface area contributed by atoms with Crippen LogP contribution in [0.1, 0.15) is 18.1 Å². The second-order valence-electron chi connectivity index (χ2n) is 4.71. The first-order chi connectivity index (χ1) is 10.1. The first kappa shape index (κ1) is 14.6. The highest BCUT2D eigenvalue weighted by Gasteiger charge is 2.04. The van der Waals surface area contributed by atoms with Crippen LogP contribution in [0, 0.1) is 6.92 Å². The van der Waals surface area contributed by atoms with Crippen LogP contribution in [0.4, 0.5) is 16.2 Å². The third kappa shape index (κ3) is 4.07. The fourth-order valence-electron chi connectivity index (χ4n) is 1.90. The van der Waals surface area contributed by atoms with Crippen molar-refractivity contribution < 1.29 is 10.0 Å². The number of oxime groups is 1. The van der Waals surface area contributed by atoms with Gasteiger partial charge in [-0.25, -0.2) is 4.79 Å². The number of urea groups is 1. The Morgan fingerprint density at radius 1 is 1.05 bits per heavy atom. The SMILES string of the molecule is C/C(=N\O)c1cccc(NC(=O)Nc2cccc(C)c2)c1. The van der Waals surface area contributed by atoms with E-state index in [2.05, 4.69) is 15.8 Å². The van der Waals surface area contributed by atoms with Crippen molar-refractivity contribution in [3.8, 4) is 0 Å². The molecule has 108 valence electrons. The summed E-state index contributed by atoms with van der Waals surface area (Å²) in [4.78, 5) is 11.9. The van der Waals surface area contributed by atoms with E-state index in [0.717, 1.165) is 16.8 Å². The van der Waals surface area contributed by atoms with Crippen molar-refractivity contribution >= 4 is 23.1 Å². The van der Waals surface area contributed by atoms with Crippen LogP contribution in [-0.2, 0) is 0 Å². The van der Waals surface area contributed by atoms with Gasteiger partial charge in [0.25, 0.3) is 0 Å². The molecule has 0 atom stereocenters. The molecule has 0 aliphatic rings. The predicted octanol–water partition coefficient (Wildman–Crippen LogP) is 3.84. The lowest BCUT2D eigenvalue weighted by Gasteiger charge is -2.09. The second kappa shape index (κ2) is 6.56. The Labute approximate surface area is 123 Å². The number of rotatable bonds is 3. The minimum absolute atomic E-state index is 0.323. The van der Waals surface area contributed by atoms with Gasteiger partial charge in [-0.2, -0.15) is 0 Å². The molecule has 0 radical (unpaired) electrons. The number of amides is 2. The number of nitrogens with one attached hydrogen (secondary N) is 2. The van der Waals surface area contributed by atoms with E-state index < -0.39 is 0 Å².